The first kappa shape index (κ1) is 23.5. The Hall–Kier alpha value is -2.77. The molecule has 0 aliphatic carbocycles. The van der Waals surface area contributed by atoms with Gasteiger partial charge in [0.15, 0.2) is 17.5 Å². The van der Waals surface area contributed by atoms with Gasteiger partial charge in [-0.15, -0.1) is 0 Å². The number of rotatable bonds is 12. The molecule has 0 heterocycles. The molecule has 0 aliphatic heterocycles. The molecular weight excluding hydrogens is 382 g/mol. The highest BCUT2D eigenvalue weighted by Crippen LogP contribution is 2.29. The first-order valence-electron chi connectivity index (χ1n) is 10.2. The molecule has 0 aliphatic rings. The molecular formula is C23H33N3O4. The van der Waals surface area contributed by atoms with Gasteiger partial charge in [0.1, 0.15) is 0 Å². The summed E-state index contributed by atoms with van der Waals surface area (Å²) < 4.78 is 21.6. The lowest BCUT2D eigenvalue weighted by Crippen LogP contribution is -2.30. The van der Waals surface area contributed by atoms with E-state index in [0.717, 1.165) is 23.4 Å². The molecule has 0 aromatic heterocycles. The predicted molar refractivity (Wildman–Crippen MR) is 121 cm³/mol. The third-order valence-electron chi connectivity index (χ3n) is 4.25. The molecule has 0 spiro atoms. The molecule has 7 heteroatoms. The van der Waals surface area contributed by atoms with Gasteiger partial charge >= 0.3 is 0 Å². The Balaban J connectivity index is 1.99. The molecule has 0 bridgehead atoms. The minimum absolute atomic E-state index is 0.551. The number of guanidine groups is 1. The molecule has 0 radical (unpaired) electrons. The third kappa shape index (κ3) is 7.93. The molecule has 0 atom stereocenters. The fourth-order valence-electron chi connectivity index (χ4n) is 2.80. The normalized spacial score (nSPS) is 11.3. The van der Waals surface area contributed by atoms with Crippen molar-refractivity contribution in [1.29, 1.82) is 0 Å². The first-order valence-corrected chi connectivity index (χ1v) is 10.2. The van der Waals surface area contributed by atoms with E-state index < -0.39 is 0 Å². The lowest BCUT2D eigenvalue weighted by molar-refractivity contribution is 0.0453. The van der Waals surface area contributed by atoms with Crippen molar-refractivity contribution < 1.29 is 18.9 Å². The second-order valence-corrected chi connectivity index (χ2v) is 6.46. The van der Waals surface area contributed by atoms with Crippen LogP contribution in [-0.2, 0) is 22.6 Å². The van der Waals surface area contributed by atoms with E-state index in [1.54, 1.807) is 14.2 Å². The minimum atomic E-state index is 0.551. The lowest BCUT2D eigenvalue weighted by Gasteiger charge is -2.14. The van der Waals surface area contributed by atoms with Gasteiger partial charge in [0.2, 0.25) is 0 Å². The molecule has 0 saturated heterocycles. The van der Waals surface area contributed by atoms with Crippen molar-refractivity contribution in [3.63, 3.8) is 0 Å². The Morgan fingerprint density at radius 2 is 1.67 bits per heavy atom. The zero-order valence-electron chi connectivity index (χ0n) is 18.4. The van der Waals surface area contributed by atoms with Crippen LogP contribution in [0.4, 0.5) is 5.69 Å². The van der Waals surface area contributed by atoms with E-state index in [1.165, 1.54) is 0 Å². The summed E-state index contributed by atoms with van der Waals surface area (Å²) in [5.41, 5.74) is 3.10. The van der Waals surface area contributed by atoms with Crippen LogP contribution in [-0.4, -0.2) is 46.5 Å². The van der Waals surface area contributed by atoms with Gasteiger partial charge < -0.3 is 29.6 Å². The van der Waals surface area contributed by atoms with Crippen molar-refractivity contribution in [2.45, 2.75) is 27.0 Å². The van der Waals surface area contributed by atoms with Crippen LogP contribution in [0, 0.1) is 0 Å². The molecule has 0 saturated carbocycles. The van der Waals surface area contributed by atoms with Gasteiger partial charge in [-0.3, -0.25) is 0 Å². The topological polar surface area (TPSA) is 73.3 Å². The van der Waals surface area contributed by atoms with Crippen LogP contribution in [0.25, 0.3) is 0 Å². The maximum Gasteiger partial charge on any atom is 0.196 e. The second kappa shape index (κ2) is 13.5. The Kier molecular flexibility index (Phi) is 10.5. The summed E-state index contributed by atoms with van der Waals surface area (Å²) >= 11 is 0. The largest absolute Gasteiger partial charge is 0.493 e. The average Bonchev–Trinajstić information content (AvgIpc) is 2.77. The predicted octanol–water partition coefficient (Wildman–Crippen LogP) is 3.83. The van der Waals surface area contributed by atoms with Gasteiger partial charge in [-0.05, 0) is 37.1 Å². The number of methoxy groups -OCH3 is 2. The van der Waals surface area contributed by atoms with Crippen molar-refractivity contribution in [1.82, 2.24) is 5.32 Å². The number of hydrogen-bond acceptors (Lipinski definition) is 5. The molecule has 2 rings (SSSR count). The van der Waals surface area contributed by atoms with Crippen LogP contribution in [0.3, 0.4) is 0 Å². The van der Waals surface area contributed by atoms with E-state index in [0.29, 0.717) is 50.4 Å². The molecule has 0 amide bonds. The van der Waals surface area contributed by atoms with Crippen molar-refractivity contribution in [3.05, 3.63) is 53.6 Å². The Morgan fingerprint density at radius 3 is 2.40 bits per heavy atom. The Bertz CT molecular complexity index is 796. The number of nitrogens with zero attached hydrogens (tertiary/aromatic N) is 1. The van der Waals surface area contributed by atoms with Crippen LogP contribution in [0.5, 0.6) is 11.5 Å². The summed E-state index contributed by atoms with van der Waals surface area (Å²) in [5.74, 6) is 2.05. The molecule has 164 valence electrons. The van der Waals surface area contributed by atoms with E-state index in [1.807, 2.05) is 38.1 Å². The number of benzene rings is 2. The second-order valence-electron chi connectivity index (χ2n) is 6.46. The van der Waals surface area contributed by atoms with Gasteiger partial charge in [0.25, 0.3) is 0 Å². The van der Waals surface area contributed by atoms with Gasteiger partial charge in [-0.1, -0.05) is 24.3 Å². The van der Waals surface area contributed by atoms with E-state index in [-0.39, 0.29) is 0 Å². The quantitative estimate of drug-likeness (QED) is 0.312. The average molecular weight is 416 g/mol. The summed E-state index contributed by atoms with van der Waals surface area (Å²) in [7, 11) is 3.24. The van der Waals surface area contributed by atoms with Gasteiger partial charge in [0, 0.05) is 24.9 Å². The summed E-state index contributed by atoms with van der Waals surface area (Å²) in [6.45, 7) is 7.81. The van der Waals surface area contributed by atoms with Crippen molar-refractivity contribution in [2.75, 3.05) is 45.9 Å². The Morgan fingerprint density at radius 1 is 0.900 bits per heavy atom. The smallest absolute Gasteiger partial charge is 0.196 e. The van der Waals surface area contributed by atoms with Crippen LogP contribution < -0.4 is 20.1 Å². The van der Waals surface area contributed by atoms with Crippen molar-refractivity contribution in [3.8, 4) is 11.5 Å². The SMILES string of the molecule is CCNC(=NCc1cccc(COCCOCC)c1)Nc1ccc(OC)c(OC)c1. The minimum Gasteiger partial charge on any atom is -0.493 e. The highest BCUT2D eigenvalue weighted by atomic mass is 16.5. The number of nitrogens with one attached hydrogen (secondary N) is 2. The third-order valence-corrected chi connectivity index (χ3v) is 4.25. The van der Waals surface area contributed by atoms with E-state index in [9.17, 15) is 0 Å². The first-order chi connectivity index (χ1) is 14.7. The van der Waals surface area contributed by atoms with E-state index >= 15 is 0 Å². The fourth-order valence-corrected chi connectivity index (χ4v) is 2.80. The fraction of sp³-hybridized carbons (Fsp3) is 0.435. The molecule has 2 N–H and O–H groups in total. The zero-order chi connectivity index (χ0) is 21.6. The van der Waals surface area contributed by atoms with Crippen LogP contribution in [0.2, 0.25) is 0 Å². The molecule has 7 nitrogen and oxygen atoms in total. The zero-order valence-corrected chi connectivity index (χ0v) is 18.4. The standard InChI is InChI=1S/C23H33N3O4/c1-5-24-23(26-20-10-11-21(27-3)22(15-20)28-4)25-16-18-8-7-9-19(14-18)17-30-13-12-29-6-2/h7-11,14-15H,5-6,12-13,16-17H2,1-4H3,(H2,24,25,26). The van der Waals surface area contributed by atoms with Crippen LogP contribution in [0.1, 0.15) is 25.0 Å². The monoisotopic (exact) mass is 415 g/mol. The maximum absolute atomic E-state index is 5.65. The summed E-state index contributed by atoms with van der Waals surface area (Å²) in [5, 5.41) is 6.57. The van der Waals surface area contributed by atoms with Gasteiger partial charge in [-0.2, -0.15) is 0 Å². The van der Waals surface area contributed by atoms with Crippen LogP contribution in [0.15, 0.2) is 47.5 Å². The summed E-state index contributed by atoms with van der Waals surface area (Å²) in [6, 6.07) is 13.9. The van der Waals surface area contributed by atoms with Gasteiger partial charge in [0.05, 0.1) is 40.6 Å². The Labute approximate surface area is 179 Å². The lowest BCUT2D eigenvalue weighted by atomic mass is 10.1. The van der Waals surface area contributed by atoms with Crippen molar-refractivity contribution in [2.24, 2.45) is 4.99 Å². The number of aliphatic imine (C=N–C) groups is 1. The molecule has 0 fully saturated rings. The molecule has 2 aromatic carbocycles. The van der Waals surface area contributed by atoms with E-state index in [2.05, 4.69) is 28.8 Å². The van der Waals surface area contributed by atoms with Gasteiger partial charge in [-0.25, -0.2) is 4.99 Å². The highest BCUT2D eigenvalue weighted by molar-refractivity contribution is 5.93. The number of hydrogen-bond donors (Lipinski definition) is 2. The molecule has 2 aromatic rings. The van der Waals surface area contributed by atoms with Crippen LogP contribution >= 0.6 is 0 Å². The van der Waals surface area contributed by atoms with Crippen molar-refractivity contribution >= 4 is 11.6 Å². The molecule has 30 heavy (non-hydrogen) atoms. The summed E-state index contributed by atoms with van der Waals surface area (Å²) in [4.78, 5) is 4.70. The number of anilines is 1. The maximum atomic E-state index is 5.65. The highest BCUT2D eigenvalue weighted by Gasteiger charge is 2.06. The number of ether oxygens (including phenoxy) is 4. The molecule has 0 unspecified atom stereocenters. The summed E-state index contributed by atoms with van der Waals surface area (Å²) in [6.07, 6.45) is 0. The van der Waals surface area contributed by atoms with E-state index in [4.69, 9.17) is 23.9 Å².